The fourth-order valence-electron chi connectivity index (χ4n) is 1.71. The van der Waals surface area contributed by atoms with Gasteiger partial charge in [0.25, 0.3) is 8.32 Å². The molecular weight excluding hydrogens is 472 g/mol. The van der Waals surface area contributed by atoms with Crippen LogP contribution in [0.25, 0.3) is 6.08 Å². The molecule has 0 aliphatic heterocycles. The van der Waals surface area contributed by atoms with Crippen molar-refractivity contribution in [2.75, 3.05) is 14.2 Å². The number of methoxy groups -OCH3 is 2. The van der Waals surface area contributed by atoms with Crippen LogP contribution < -0.4 is 4.74 Å². The Bertz CT molecular complexity index is 693. The molecular formula is C17H24Br2O5Si. The Morgan fingerprint density at radius 1 is 1.24 bits per heavy atom. The monoisotopic (exact) mass is 494 g/mol. The summed E-state index contributed by atoms with van der Waals surface area (Å²) in [7, 11) is 0.535. The van der Waals surface area contributed by atoms with Crippen molar-refractivity contribution in [1.29, 1.82) is 0 Å². The zero-order chi connectivity index (χ0) is 19.6. The maximum absolute atomic E-state index is 12.2. The molecule has 5 nitrogen and oxygen atoms in total. The average molecular weight is 496 g/mol. The lowest BCUT2D eigenvalue weighted by Gasteiger charge is -2.36. The molecule has 1 N–H and O–H groups in total. The molecule has 8 heteroatoms. The van der Waals surface area contributed by atoms with Gasteiger partial charge in [-0.3, -0.25) is 0 Å². The highest BCUT2D eigenvalue weighted by Crippen LogP contribution is 2.43. The van der Waals surface area contributed by atoms with Gasteiger partial charge >= 0.3 is 5.97 Å². The molecule has 0 amide bonds. The van der Waals surface area contributed by atoms with Crippen LogP contribution in [0, 0.1) is 0 Å². The van der Waals surface area contributed by atoms with Crippen molar-refractivity contribution >= 4 is 52.2 Å². The number of phenolic OH excluding ortho intramolecular Hbond substituents is 1. The normalized spacial score (nSPS) is 12.8. The number of hydrogen-bond donors (Lipinski definition) is 1. The topological polar surface area (TPSA) is 65.0 Å². The van der Waals surface area contributed by atoms with Gasteiger partial charge in [-0.1, -0.05) is 20.8 Å². The number of hydrogen-bond acceptors (Lipinski definition) is 5. The van der Waals surface area contributed by atoms with Gasteiger partial charge in [-0.15, -0.1) is 0 Å². The Balaban J connectivity index is 3.46. The van der Waals surface area contributed by atoms with E-state index in [1.807, 2.05) is 13.1 Å². The third-order valence-electron chi connectivity index (χ3n) is 4.23. The van der Waals surface area contributed by atoms with E-state index in [-0.39, 0.29) is 16.5 Å². The fraction of sp³-hybridized carbons (Fsp3) is 0.471. The van der Waals surface area contributed by atoms with Crippen molar-refractivity contribution in [2.45, 2.75) is 38.9 Å². The first-order valence-electron chi connectivity index (χ1n) is 7.59. The van der Waals surface area contributed by atoms with E-state index in [9.17, 15) is 9.90 Å². The molecule has 0 heterocycles. The molecule has 0 aliphatic carbocycles. The van der Waals surface area contributed by atoms with E-state index >= 15 is 0 Å². The zero-order valence-corrected chi connectivity index (χ0v) is 19.7. The first-order chi connectivity index (χ1) is 11.4. The van der Waals surface area contributed by atoms with Gasteiger partial charge in [0.15, 0.2) is 11.5 Å². The smallest absolute Gasteiger partial charge is 0.371 e. The van der Waals surface area contributed by atoms with Gasteiger partial charge in [-0.05, 0) is 62.1 Å². The molecule has 0 unspecified atom stereocenters. The van der Waals surface area contributed by atoms with Crippen molar-refractivity contribution in [1.82, 2.24) is 0 Å². The summed E-state index contributed by atoms with van der Waals surface area (Å²) in [6, 6.07) is 1.65. The summed E-state index contributed by atoms with van der Waals surface area (Å²) in [4.78, 5) is 12.2. The first-order valence-corrected chi connectivity index (χ1v) is 12.1. The Hall–Kier alpha value is -0.993. The fourth-order valence-corrected chi connectivity index (χ4v) is 4.18. The molecule has 0 aliphatic rings. The van der Waals surface area contributed by atoms with Crippen LogP contribution in [0.15, 0.2) is 20.8 Å². The third-order valence-corrected chi connectivity index (χ3v) is 9.90. The first kappa shape index (κ1) is 22.0. The molecule has 1 aromatic carbocycles. The summed E-state index contributed by atoms with van der Waals surface area (Å²) in [5.74, 6) is -0.125. The molecule has 0 fully saturated rings. The largest absolute Gasteiger partial charge is 0.539 e. The molecule has 140 valence electrons. The molecule has 0 saturated carbocycles. The van der Waals surface area contributed by atoms with E-state index in [2.05, 4.69) is 52.6 Å². The van der Waals surface area contributed by atoms with Gasteiger partial charge in [-0.25, -0.2) is 4.79 Å². The second-order valence-corrected chi connectivity index (χ2v) is 13.4. The highest BCUT2D eigenvalue weighted by atomic mass is 79.9. The number of halogens is 2. The van der Waals surface area contributed by atoms with Gasteiger partial charge in [0, 0.05) is 5.56 Å². The molecule has 1 rings (SSSR count). The number of esters is 1. The van der Waals surface area contributed by atoms with Crippen molar-refractivity contribution in [3.8, 4) is 11.5 Å². The van der Waals surface area contributed by atoms with Crippen LogP contribution in [0.5, 0.6) is 11.5 Å². The number of benzene rings is 1. The number of carbonyl (C=O) groups is 1. The number of carbonyl (C=O) groups excluding carboxylic acids is 1. The SMILES string of the molecule is COC(=O)C(=Cc1cc(Br)c(OC)c(Br)c1O)O[Si](C)(C)C(C)(C)C. The summed E-state index contributed by atoms with van der Waals surface area (Å²) in [6.45, 7) is 10.3. The number of ether oxygens (including phenoxy) is 2. The van der Waals surface area contributed by atoms with Crippen LogP contribution in [-0.4, -0.2) is 33.6 Å². The summed E-state index contributed by atoms with van der Waals surface area (Å²) < 4.78 is 17.2. The minimum atomic E-state index is -2.26. The molecule has 1 aromatic rings. The quantitative estimate of drug-likeness (QED) is 0.254. The van der Waals surface area contributed by atoms with Gasteiger partial charge in [0.1, 0.15) is 10.2 Å². The molecule has 25 heavy (non-hydrogen) atoms. The molecule has 0 bridgehead atoms. The molecule has 0 atom stereocenters. The zero-order valence-electron chi connectivity index (χ0n) is 15.5. The van der Waals surface area contributed by atoms with E-state index < -0.39 is 14.3 Å². The predicted octanol–water partition coefficient (Wildman–Crippen LogP) is 5.46. The Morgan fingerprint density at radius 2 is 1.80 bits per heavy atom. The van der Waals surface area contributed by atoms with Crippen molar-refractivity contribution < 1.29 is 23.8 Å². The maximum atomic E-state index is 12.2. The van der Waals surface area contributed by atoms with Crippen LogP contribution in [0.3, 0.4) is 0 Å². The molecule has 0 saturated heterocycles. The predicted molar refractivity (Wildman–Crippen MR) is 108 cm³/mol. The van der Waals surface area contributed by atoms with E-state index in [0.29, 0.717) is 20.3 Å². The van der Waals surface area contributed by atoms with Crippen LogP contribution in [0.2, 0.25) is 18.1 Å². The summed E-state index contributed by atoms with van der Waals surface area (Å²) in [5.41, 5.74) is 0.402. The van der Waals surface area contributed by atoms with Crippen molar-refractivity contribution in [2.24, 2.45) is 0 Å². The summed E-state index contributed by atoms with van der Waals surface area (Å²) in [6.07, 6.45) is 1.48. The molecule has 0 radical (unpaired) electrons. The highest BCUT2D eigenvalue weighted by molar-refractivity contribution is 9.11. The number of aromatic hydroxyl groups is 1. The van der Waals surface area contributed by atoms with E-state index in [0.717, 1.165) is 0 Å². The Morgan fingerprint density at radius 3 is 2.24 bits per heavy atom. The lowest BCUT2D eigenvalue weighted by Crippen LogP contribution is -2.41. The Labute approximate surface area is 166 Å². The molecule has 0 aromatic heterocycles. The van der Waals surface area contributed by atoms with Crippen molar-refractivity contribution in [3.63, 3.8) is 0 Å². The number of rotatable bonds is 5. The van der Waals surface area contributed by atoms with E-state index in [1.165, 1.54) is 20.3 Å². The van der Waals surface area contributed by atoms with Crippen LogP contribution >= 0.6 is 31.9 Å². The van der Waals surface area contributed by atoms with Crippen LogP contribution in [0.1, 0.15) is 26.3 Å². The second kappa shape index (κ2) is 8.14. The van der Waals surface area contributed by atoms with Gasteiger partial charge in [0.05, 0.1) is 18.7 Å². The minimum Gasteiger partial charge on any atom is -0.539 e. The summed E-state index contributed by atoms with van der Waals surface area (Å²) >= 11 is 6.68. The van der Waals surface area contributed by atoms with E-state index in [1.54, 1.807) is 6.07 Å². The lowest BCUT2D eigenvalue weighted by molar-refractivity contribution is -0.138. The lowest BCUT2D eigenvalue weighted by atomic mass is 10.1. The van der Waals surface area contributed by atoms with E-state index in [4.69, 9.17) is 13.9 Å². The number of phenols is 1. The Kier molecular flexibility index (Phi) is 7.18. The highest BCUT2D eigenvalue weighted by Gasteiger charge is 2.40. The standard InChI is InChI=1S/C17H24Br2O5Si/c1-17(2,3)25(6,7)24-12(16(21)23-5)9-10-8-11(18)15(22-4)13(19)14(10)20/h8-9,20H,1-7H3. The second-order valence-electron chi connectivity index (χ2n) is 7.01. The minimum absolute atomic E-state index is 0.0553. The van der Waals surface area contributed by atoms with Gasteiger partial charge in [-0.2, -0.15) is 0 Å². The third kappa shape index (κ3) is 5.01. The van der Waals surface area contributed by atoms with Crippen LogP contribution in [0.4, 0.5) is 0 Å². The van der Waals surface area contributed by atoms with Crippen molar-refractivity contribution in [3.05, 3.63) is 26.3 Å². The molecule has 0 spiro atoms. The van der Waals surface area contributed by atoms with Gasteiger partial charge < -0.3 is 19.0 Å². The van der Waals surface area contributed by atoms with Gasteiger partial charge in [0.2, 0.25) is 0 Å². The van der Waals surface area contributed by atoms with Crippen LogP contribution in [-0.2, 0) is 14.0 Å². The summed E-state index contributed by atoms with van der Waals surface area (Å²) in [5, 5.41) is 10.3. The average Bonchev–Trinajstić information content (AvgIpc) is 2.50. The maximum Gasteiger partial charge on any atom is 0.371 e.